The molecule has 0 saturated heterocycles. The summed E-state index contributed by atoms with van der Waals surface area (Å²) < 4.78 is 5.62. The zero-order chi connectivity index (χ0) is 14.3. The Morgan fingerprint density at radius 1 is 1.40 bits per heavy atom. The van der Waals surface area contributed by atoms with Crippen molar-refractivity contribution < 1.29 is 14.3 Å². The topological polar surface area (TPSA) is 43.4 Å². The molecule has 0 amide bonds. The lowest BCUT2D eigenvalue weighted by molar-refractivity contribution is -0.156. The average Bonchev–Trinajstić information content (AvgIpc) is 2.84. The van der Waals surface area contributed by atoms with Crippen molar-refractivity contribution in [2.45, 2.75) is 51.0 Å². The Hall–Kier alpha value is -1.64. The van der Waals surface area contributed by atoms with Gasteiger partial charge in [0.25, 0.3) is 0 Å². The molecule has 2 aliphatic carbocycles. The molecule has 1 fully saturated rings. The van der Waals surface area contributed by atoms with E-state index in [1.165, 1.54) is 6.92 Å². The molecular formula is C17H20O3. The van der Waals surface area contributed by atoms with Gasteiger partial charge in [-0.25, -0.2) is 0 Å². The van der Waals surface area contributed by atoms with Crippen molar-refractivity contribution in [3.63, 3.8) is 0 Å². The molecule has 0 spiro atoms. The van der Waals surface area contributed by atoms with E-state index in [9.17, 15) is 9.59 Å². The van der Waals surface area contributed by atoms with E-state index in [-0.39, 0.29) is 17.7 Å². The SMILES string of the molecule is CC[C@H]1c2ccccc2C(=O)[C@@]2(OC(C)=O)CCC[C@H]12. The number of Topliss-reactive ketones (excluding diaryl/α,β-unsaturated/α-hetero) is 1. The van der Waals surface area contributed by atoms with Crippen molar-refractivity contribution in [2.24, 2.45) is 5.92 Å². The summed E-state index contributed by atoms with van der Waals surface area (Å²) in [6.45, 7) is 3.55. The third kappa shape index (κ3) is 1.72. The van der Waals surface area contributed by atoms with E-state index in [4.69, 9.17) is 4.74 Å². The van der Waals surface area contributed by atoms with Gasteiger partial charge in [-0.05, 0) is 37.2 Å². The van der Waals surface area contributed by atoms with Crippen LogP contribution in [0.3, 0.4) is 0 Å². The Morgan fingerprint density at radius 3 is 2.85 bits per heavy atom. The Bertz CT molecular complexity index is 563. The summed E-state index contributed by atoms with van der Waals surface area (Å²) in [5, 5.41) is 0. The van der Waals surface area contributed by atoms with Crippen molar-refractivity contribution in [1.29, 1.82) is 0 Å². The first-order valence-electron chi connectivity index (χ1n) is 7.43. The molecule has 0 radical (unpaired) electrons. The summed E-state index contributed by atoms with van der Waals surface area (Å²) in [7, 11) is 0. The minimum atomic E-state index is -0.902. The summed E-state index contributed by atoms with van der Waals surface area (Å²) >= 11 is 0. The maximum atomic E-state index is 12.9. The van der Waals surface area contributed by atoms with Crippen LogP contribution in [0.5, 0.6) is 0 Å². The van der Waals surface area contributed by atoms with Crippen molar-refractivity contribution in [3.05, 3.63) is 35.4 Å². The summed E-state index contributed by atoms with van der Waals surface area (Å²) in [5.41, 5.74) is 0.981. The lowest BCUT2D eigenvalue weighted by Crippen LogP contribution is -2.51. The Kier molecular flexibility index (Phi) is 3.15. The first kappa shape index (κ1) is 13.3. The number of rotatable bonds is 2. The smallest absolute Gasteiger partial charge is 0.303 e. The van der Waals surface area contributed by atoms with Gasteiger partial charge >= 0.3 is 5.97 Å². The highest BCUT2D eigenvalue weighted by Gasteiger charge is 2.57. The summed E-state index contributed by atoms with van der Waals surface area (Å²) in [4.78, 5) is 24.5. The highest BCUT2D eigenvalue weighted by Crippen LogP contribution is 2.53. The summed E-state index contributed by atoms with van der Waals surface area (Å²) in [6.07, 6.45) is 3.55. The van der Waals surface area contributed by atoms with Gasteiger partial charge in [0.1, 0.15) is 0 Å². The van der Waals surface area contributed by atoms with E-state index in [0.29, 0.717) is 12.3 Å². The van der Waals surface area contributed by atoms with Crippen LogP contribution in [0.1, 0.15) is 61.4 Å². The van der Waals surface area contributed by atoms with Gasteiger partial charge in [-0.2, -0.15) is 0 Å². The maximum Gasteiger partial charge on any atom is 0.303 e. The number of benzene rings is 1. The third-order valence-electron chi connectivity index (χ3n) is 4.90. The molecule has 0 bridgehead atoms. The second kappa shape index (κ2) is 4.72. The minimum Gasteiger partial charge on any atom is -0.451 e. The molecule has 1 aromatic rings. The van der Waals surface area contributed by atoms with Gasteiger partial charge in [0.15, 0.2) is 5.60 Å². The van der Waals surface area contributed by atoms with Crippen LogP contribution in [-0.4, -0.2) is 17.4 Å². The standard InChI is InChI=1S/C17H20O3/c1-3-12-13-7-4-5-8-14(13)16(19)17(20-11(2)18)10-6-9-15(12)17/h4-5,7-8,12,15H,3,6,9-10H2,1-2H3/t12-,15+,17+/m0/s1. The minimum absolute atomic E-state index is 0.00972. The highest BCUT2D eigenvalue weighted by atomic mass is 16.6. The second-order valence-corrected chi connectivity index (χ2v) is 5.91. The van der Waals surface area contributed by atoms with Gasteiger partial charge in [0, 0.05) is 18.4 Å². The molecule has 0 N–H and O–H groups in total. The quantitative estimate of drug-likeness (QED) is 0.774. The van der Waals surface area contributed by atoms with E-state index in [1.807, 2.05) is 18.2 Å². The number of carbonyl (C=O) groups excluding carboxylic acids is 2. The lowest BCUT2D eigenvalue weighted by Gasteiger charge is -2.42. The molecule has 0 unspecified atom stereocenters. The van der Waals surface area contributed by atoms with Crippen LogP contribution < -0.4 is 0 Å². The Balaban J connectivity index is 2.16. The van der Waals surface area contributed by atoms with Crippen molar-refractivity contribution >= 4 is 11.8 Å². The van der Waals surface area contributed by atoms with E-state index in [1.54, 1.807) is 0 Å². The van der Waals surface area contributed by atoms with E-state index in [2.05, 4.69) is 13.0 Å². The van der Waals surface area contributed by atoms with Crippen LogP contribution >= 0.6 is 0 Å². The number of fused-ring (bicyclic) bond motifs is 2. The van der Waals surface area contributed by atoms with E-state index < -0.39 is 5.60 Å². The van der Waals surface area contributed by atoms with E-state index >= 15 is 0 Å². The molecule has 1 aromatic carbocycles. The maximum absolute atomic E-state index is 12.9. The van der Waals surface area contributed by atoms with Crippen molar-refractivity contribution in [3.8, 4) is 0 Å². The zero-order valence-corrected chi connectivity index (χ0v) is 12.0. The molecule has 2 aliphatic rings. The molecule has 0 aromatic heterocycles. The molecule has 20 heavy (non-hydrogen) atoms. The molecule has 0 heterocycles. The largest absolute Gasteiger partial charge is 0.451 e. The number of esters is 1. The normalized spacial score (nSPS) is 31.6. The van der Waals surface area contributed by atoms with Gasteiger partial charge < -0.3 is 4.74 Å². The number of ether oxygens (including phenoxy) is 1. The van der Waals surface area contributed by atoms with Crippen molar-refractivity contribution in [2.75, 3.05) is 0 Å². The van der Waals surface area contributed by atoms with Crippen LogP contribution in [0.2, 0.25) is 0 Å². The van der Waals surface area contributed by atoms with E-state index in [0.717, 1.165) is 30.4 Å². The molecule has 0 aliphatic heterocycles. The van der Waals surface area contributed by atoms with Crippen LogP contribution in [0.4, 0.5) is 0 Å². The molecule has 1 saturated carbocycles. The fraction of sp³-hybridized carbons (Fsp3) is 0.529. The second-order valence-electron chi connectivity index (χ2n) is 5.91. The predicted molar refractivity (Wildman–Crippen MR) is 75.6 cm³/mol. The molecule has 3 heteroatoms. The van der Waals surface area contributed by atoms with Crippen LogP contribution in [-0.2, 0) is 9.53 Å². The highest BCUT2D eigenvalue weighted by molar-refractivity contribution is 6.06. The Morgan fingerprint density at radius 2 is 2.15 bits per heavy atom. The summed E-state index contributed by atoms with van der Waals surface area (Å²) in [5.74, 6) is 0.111. The number of hydrogen-bond acceptors (Lipinski definition) is 3. The third-order valence-corrected chi connectivity index (χ3v) is 4.90. The fourth-order valence-corrected chi connectivity index (χ4v) is 4.22. The zero-order valence-electron chi connectivity index (χ0n) is 12.0. The van der Waals surface area contributed by atoms with Gasteiger partial charge in [-0.1, -0.05) is 31.2 Å². The number of carbonyl (C=O) groups is 2. The van der Waals surface area contributed by atoms with Gasteiger partial charge in [0.2, 0.25) is 5.78 Å². The monoisotopic (exact) mass is 272 g/mol. The first-order valence-corrected chi connectivity index (χ1v) is 7.43. The first-order chi connectivity index (χ1) is 9.60. The molecule has 3 rings (SSSR count). The predicted octanol–water partition coefficient (Wildman–Crippen LogP) is 3.48. The fourth-order valence-electron chi connectivity index (χ4n) is 4.22. The van der Waals surface area contributed by atoms with Crippen LogP contribution in [0.15, 0.2) is 24.3 Å². The molecule has 106 valence electrons. The Labute approximate surface area is 119 Å². The van der Waals surface area contributed by atoms with Crippen LogP contribution in [0, 0.1) is 5.92 Å². The molecular weight excluding hydrogens is 252 g/mol. The van der Waals surface area contributed by atoms with Crippen molar-refractivity contribution in [1.82, 2.24) is 0 Å². The van der Waals surface area contributed by atoms with Gasteiger partial charge in [0.05, 0.1) is 0 Å². The summed E-state index contributed by atoms with van der Waals surface area (Å²) in [6, 6.07) is 7.81. The number of hydrogen-bond donors (Lipinski definition) is 0. The van der Waals surface area contributed by atoms with Crippen LogP contribution in [0.25, 0.3) is 0 Å². The van der Waals surface area contributed by atoms with Gasteiger partial charge in [-0.3, -0.25) is 9.59 Å². The number of ketones is 1. The molecule has 3 atom stereocenters. The lowest BCUT2D eigenvalue weighted by atomic mass is 9.66. The van der Waals surface area contributed by atoms with Gasteiger partial charge in [-0.15, -0.1) is 0 Å². The molecule has 3 nitrogen and oxygen atoms in total. The average molecular weight is 272 g/mol.